The van der Waals surface area contributed by atoms with Crippen LogP contribution in [-0.4, -0.2) is 9.97 Å². The summed E-state index contributed by atoms with van der Waals surface area (Å²) in [6.07, 6.45) is 0.905. The van der Waals surface area contributed by atoms with Crippen molar-refractivity contribution in [3.05, 3.63) is 356 Å². The first kappa shape index (κ1) is 58.7. The maximum atomic E-state index is 6.54. The highest BCUT2D eigenvalue weighted by Crippen LogP contribution is 2.44. The highest BCUT2D eigenvalue weighted by molar-refractivity contribution is 6.32. The Balaban J connectivity index is 0.000000119. The third-order valence-corrected chi connectivity index (χ3v) is 19.0. The summed E-state index contributed by atoms with van der Waals surface area (Å²) in [7, 11) is 0. The maximum absolute atomic E-state index is 6.54. The number of halogens is 1. The number of fused-ring (bicyclic) bond motifs is 16. The standard InChI is InChI=1S/C45H28N2O2.C25H18O.C21H12ClNO/c1-3-9-29(10-4-1)30-17-21-34(22-18-30)47(36-24-25-38-37-13-7-8-14-41(37)48-42(38)28-36)35-23-19-31-15-16-32-20-26-40-44(43(32)39(31)27-35)49-45(46-40)33-11-5-2-6-12-33;1-2-6-20(7-3-1)21-13-10-18(11-14-21)16-19-12-15-23-22-8-4-5-9-24(22)26-25(23)17-19;22-16-10-8-13-6-7-14-9-11-18-20(19(14)17(13)12-16)24-21(23-18)15-4-2-1-3-5-15/h1-28H;1-15,17H,16H2;1-12H. The predicted molar refractivity (Wildman–Crippen MR) is 410 cm³/mol. The second-order valence-electron chi connectivity index (χ2n) is 24.9. The highest BCUT2D eigenvalue weighted by atomic mass is 35.5. The molecule has 16 aromatic carbocycles. The van der Waals surface area contributed by atoms with Gasteiger partial charge in [0, 0.05) is 71.6 Å². The van der Waals surface area contributed by atoms with Gasteiger partial charge in [-0.15, -0.1) is 0 Å². The van der Waals surface area contributed by atoms with Crippen molar-refractivity contribution in [1.29, 1.82) is 0 Å². The number of hydrogen-bond acceptors (Lipinski definition) is 7. The van der Waals surface area contributed by atoms with Gasteiger partial charge in [-0.05, 0) is 175 Å². The fraction of sp³-hybridized carbons (Fsp3) is 0.0110. The van der Waals surface area contributed by atoms with Gasteiger partial charge in [0.05, 0.1) is 0 Å². The van der Waals surface area contributed by atoms with E-state index < -0.39 is 0 Å². The molecular weight excluding hydrogens is 1230 g/mol. The zero-order valence-electron chi connectivity index (χ0n) is 53.4. The molecule has 0 aliphatic rings. The van der Waals surface area contributed by atoms with Crippen LogP contribution in [0.3, 0.4) is 0 Å². The van der Waals surface area contributed by atoms with Gasteiger partial charge in [0.15, 0.2) is 11.2 Å². The van der Waals surface area contributed by atoms with E-state index in [1.807, 2.05) is 127 Å². The van der Waals surface area contributed by atoms with E-state index in [-0.39, 0.29) is 0 Å². The van der Waals surface area contributed by atoms with E-state index in [0.717, 1.165) is 138 Å². The topological polar surface area (TPSA) is 81.6 Å². The van der Waals surface area contributed by atoms with Crippen LogP contribution < -0.4 is 4.90 Å². The second-order valence-corrected chi connectivity index (χ2v) is 25.3. The molecule has 4 heterocycles. The van der Waals surface area contributed by atoms with E-state index in [9.17, 15) is 0 Å². The van der Waals surface area contributed by atoms with Crippen LogP contribution in [0.25, 0.3) is 154 Å². The van der Waals surface area contributed by atoms with Gasteiger partial charge in [-0.3, -0.25) is 0 Å². The lowest BCUT2D eigenvalue weighted by atomic mass is 9.99. The predicted octanol–water partition coefficient (Wildman–Crippen LogP) is 26.1. The van der Waals surface area contributed by atoms with Crippen LogP contribution in [0.1, 0.15) is 11.1 Å². The van der Waals surface area contributed by atoms with Crippen molar-refractivity contribution < 1.29 is 17.7 Å². The zero-order valence-corrected chi connectivity index (χ0v) is 54.1. The average molecular weight is 1290 g/mol. The lowest BCUT2D eigenvalue weighted by molar-refractivity contribution is 0.623. The van der Waals surface area contributed by atoms with Gasteiger partial charge >= 0.3 is 0 Å². The number of anilines is 3. The Morgan fingerprint density at radius 2 is 0.646 bits per heavy atom. The minimum atomic E-state index is 0.621. The van der Waals surface area contributed by atoms with E-state index in [0.29, 0.717) is 11.8 Å². The van der Waals surface area contributed by atoms with E-state index in [2.05, 4.69) is 222 Å². The lowest BCUT2D eigenvalue weighted by Gasteiger charge is -2.26. The first-order valence-corrected chi connectivity index (χ1v) is 33.5. The number of para-hydroxylation sites is 2. The summed E-state index contributed by atoms with van der Waals surface area (Å²) in [6.45, 7) is 0. The van der Waals surface area contributed by atoms with Crippen LogP contribution in [0.4, 0.5) is 17.1 Å². The average Bonchev–Trinajstić information content (AvgIpc) is 1.72. The van der Waals surface area contributed by atoms with Crippen LogP contribution in [0.15, 0.2) is 357 Å². The van der Waals surface area contributed by atoms with Crippen LogP contribution in [0.2, 0.25) is 5.02 Å². The monoisotopic (exact) mass is 1290 g/mol. The van der Waals surface area contributed by atoms with Gasteiger partial charge < -0.3 is 22.6 Å². The molecule has 0 unspecified atom stereocenters. The van der Waals surface area contributed by atoms with E-state index in [1.165, 1.54) is 44.2 Å². The summed E-state index contributed by atoms with van der Waals surface area (Å²) in [4.78, 5) is 11.8. The Labute approximate surface area is 574 Å². The van der Waals surface area contributed by atoms with E-state index >= 15 is 0 Å². The van der Waals surface area contributed by atoms with Gasteiger partial charge in [0.2, 0.25) is 11.8 Å². The molecule has 0 radical (unpaired) electrons. The van der Waals surface area contributed by atoms with Crippen molar-refractivity contribution >= 4 is 138 Å². The van der Waals surface area contributed by atoms with Crippen LogP contribution in [0, 0.1) is 0 Å². The molecule has 0 aliphatic heterocycles. The van der Waals surface area contributed by atoms with Gasteiger partial charge in [-0.2, -0.15) is 0 Å². The number of hydrogen-bond donors (Lipinski definition) is 0. The number of rotatable bonds is 9. The van der Waals surface area contributed by atoms with Crippen molar-refractivity contribution in [3.63, 3.8) is 0 Å². The van der Waals surface area contributed by atoms with Crippen LogP contribution in [-0.2, 0) is 6.42 Å². The zero-order chi connectivity index (χ0) is 65.8. The Morgan fingerprint density at radius 1 is 0.263 bits per heavy atom. The molecule has 0 amide bonds. The number of aromatic nitrogens is 2. The fourth-order valence-electron chi connectivity index (χ4n) is 13.8. The maximum Gasteiger partial charge on any atom is 0.227 e. The normalized spacial score (nSPS) is 11.5. The summed E-state index contributed by atoms with van der Waals surface area (Å²) < 4.78 is 25.1. The lowest BCUT2D eigenvalue weighted by Crippen LogP contribution is -2.09. The Hall–Kier alpha value is -12.8. The molecule has 4 aromatic heterocycles. The molecule has 0 aliphatic carbocycles. The molecule has 99 heavy (non-hydrogen) atoms. The molecule has 0 fully saturated rings. The number of benzene rings is 16. The Kier molecular flexibility index (Phi) is 14.9. The first-order chi connectivity index (χ1) is 48.9. The molecule has 0 saturated heterocycles. The molecule has 0 N–H and O–H groups in total. The third-order valence-electron chi connectivity index (χ3n) is 18.7. The van der Waals surface area contributed by atoms with Crippen molar-refractivity contribution in [2.75, 3.05) is 4.90 Å². The Bertz CT molecular complexity index is 6380. The van der Waals surface area contributed by atoms with E-state index in [4.69, 9.17) is 34.3 Å². The molecule has 0 saturated carbocycles. The molecule has 0 atom stereocenters. The smallest absolute Gasteiger partial charge is 0.227 e. The van der Waals surface area contributed by atoms with Crippen molar-refractivity contribution in [3.8, 4) is 45.2 Å². The van der Waals surface area contributed by atoms with E-state index in [1.54, 1.807) is 0 Å². The minimum absolute atomic E-state index is 0.621. The van der Waals surface area contributed by atoms with Crippen molar-refractivity contribution in [1.82, 2.24) is 9.97 Å². The third kappa shape index (κ3) is 11.2. The van der Waals surface area contributed by atoms with Gasteiger partial charge in [-0.25, -0.2) is 9.97 Å². The molecule has 0 spiro atoms. The molecule has 468 valence electrons. The molecule has 8 heteroatoms. The van der Waals surface area contributed by atoms with Crippen molar-refractivity contribution in [2.24, 2.45) is 0 Å². The highest BCUT2D eigenvalue weighted by Gasteiger charge is 2.20. The van der Waals surface area contributed by atoms with Gasteiger partial charge in [0.1, 0.15) is 33.4 Å². The number of oxazole rings is 2. The fourth-order valence-corrected chi connectivity index (χ4v) is 14.0. The molecular formula is C91H58ClN3O4. The van der Waals surface area contributed by atoms with Crippen LogP contribution in [0.5, 0.6) is 0 Å². The summed E-state index contributed by atoms with van der Waals surface area (Å²) >= 11 is 6.23. The summed E-state index contributed by atoms with van der Waals surface area (Å²) in [5.74, 6) is 1.26. The first-order valence-electron chi connectivity index (χ1n) is 33.1. The van der Waals surface area contributed by atoms with Gasteiger partial charge in [0.25, 0.3) is 0 Å². The summed E-state index contributed by atoms with van der Waals surface area (Å²) in [5, 5.41) is 14.1. The quantitative estimate of drug-likeness (QED) is 0.133. The minimum Gasteiger partial charge on any atom is -0.456 e. The second kappa shape index (κ2) is 25.1. The molecule has 0 bridgehead atoms. The summed E-state index contributed by atoms with van der Waals surface area (Å²) in [5.41, 5.74) is 19.4. The number of furan rings is 2. The Morgan fingerprint density at radius 3 is 1.20 bits per heavy atom. The largest absolute Gasteiger partial charge is 0.456 e. The van der Waals surface area contributed by atoms with Crippen molar-refractivity contribution in [2.45, 2.75) is 6.42 Å². The van der Waals surface area contributed by atoms with Gasteiger partial charge in [-0.1, -0.05) is 242 Å². The molecule has 7 nitrogen and oxygen atoms in total. The SMILES string of the molecule is Clc1ccc2ccc3ccc4nc(-c5ccccc5)oc4c3c2c1.c1ccc(-c2ccc(Cc3ccc4c(c3)oc3ccccc34)cc2)cc1.c1ccc(-c2ccc(N(c3ccc4c(c3)oc3ccccc34)c3ccc4ccc5ccc6nc(-c7ccccc7)oc6c5c4c3)cc2)cc1. The molecule has 20 rings (SSSR count). The molecule has 20 aromatic rings. The van der Waals surface area contributed by atoms with Crippen LogP contribution >= 0.6 is 11.6 Å². The number of nitrogens with zero attached hydrogens (tertiary/aromatic N) is 3. The summed E-state index contributed by atoms with van der Waals surface area (Å²) in [6, 6.07) is 117.